The second-order valence-electron chi connectivity index (χ2n) is 5.90. The van der Waals surface area contributed by atoms with Crippen LogP contribution < -0.4 is 5.32 Å². The number of tetrazole rings is 1. The fourth-order valence-corrected chi connectivity index (χ4v) is 2.42. The summed E-state index contributed by atoms with van der Waals surface area (Å²) in [6, 6.07) is 10.8. The number of nitrogens with one attached hydrogen (secondary N) is 1. The minimum Gasteiger partial charge on any atom is -0.326 e. The lowest BCUT2D eigenvalue weighted by molar-refractivity contribution is -0.137. The van der Waals surface area contributed by atoms with E-state index < -0.39 is 11.7 Å². The van der Waals surface area contributed by atoms with Crippen molar-refractivity contribution in [3.63, 3.8) is 0 Å². The Bertz CT molecular complexity index is 1010. The minimum atomic E-state index is -4.48. The lowest BCUT2D eigenvalue weighted by atomic mass is 10.1. The van der Waals surface area contributed by atoms with E-state index in [4.69, 9.17) is 0 Å². The van der Waals surface area contributed by atoms with Gasteiger partial charge in [-0.05, 0) is 41.6 Å². The number of benzene rings is 2. The maximum absolute atomic E-state index is 12.8. The maximum atomic E-state index is 12.8. The number of carbonyl (C=O) groups excluding carboxylic acids is 2. The summed E-state index contributed by atoms with van der Waals surface area (Å²) in [5.74, 6) is -0.560. The Morgan fingerprint density at radius 1 is 1.11 bits per heavy atom. The van der Waals surface area contributed by atoms with Crippen LogP contribution in [0, 0.1) is 0 Å². The molecule has 10 heteroatoms. The zero-order chi connectivity index (χ0) is 20.3. The van der Waals surface area contributed by atoms with E-state index in [0.717, 1.165) is 16.9 Å². The van der Waals surface area contributed by atoms with E-state index >= 15 is 0 Å². The molecule has 0 aliphatic heterocycles. The topological polar surface area (TPSA) is 89.8 Å². The van der Waals surface area contributed by atoms with Crippen LogP contribution in [0.3, 0.4) is 0 Å². The second-order valence-corrected chi connectivity index (χ2v) is 5.90. The zero-order valence-electron chi connectivity index (χ0n) is 14.6. The second kappa shape index (κ2) is 7.59. The number of halogens is 3. The van der Waals surface area contributed by atoms with Crippen molar-refractivity contribution in [2.24, 2.45) is 0 Å². The number of nitrogens with zero attached hydrogens (tertiary/aromatic N) is 4. The smallest absolute Gasteiger partial charge is 0.326 e. The van der Waals surface area contributed by atoms with Crippen molar-refractivity contribution >= 4 is 17.4 Å². The van der Waals surface area contributed by atoms with Gasteiger partial charge in [0, 0.05) is 23.7 Å². The number of carbonyl (C=O) groups is 2. The molecule has 3 rings (SSSR count). The van der Waals surface area contributed by atoms with E-state index in [1.165, 1.54) is 31.2 Å². The van der Waals surface area contributed by atoms with Crippen molar-refractivity contribution in [3.05, 3.63) is 59.7 Å². The first-order valence-electron chi connectivity index (χ1n) is 8.08. The molecule has 28 heavy (non-hydrogen) atoms. The molecule has 0 spiro atoms. The molecule has 1 amide bonds. The van der Waals surface area contributed by atoms with Crippen LogP contribution in [0.4, 0.5) is 18.9 Å². The Morgan fingerprint density at radius 3 is 2.46 bits per heavy atom. The molecule has 2 aromatic carbocycles. The Morgan fingerprint density at radius 2 is 1.82 bits per heavy atom. The third-order valence-corrected chi connectivity index (χ3v) is 3.71. The first-order valence-corrected chi connectivity index (χ1v) is 8.08. The highest BCUT2D eigenvalue weighted by molar-refractivity contribution is 5.96. The summed E-state index contributed by atoms with van der Waals surface area (Å²) < 4.78 is 38.5. The van der Waals surface area contributed by atoms with Gasteiger partial charge in [-0.3, -0.25) is 9.59 Å². The fraction of sp³-hybridized carbons (Fsp3) is 0.167. The van der Waals surface area contributed by atoms with E-state index in [0.29, 0.717) is 11.3 Å². The monoisotopic (exact) mass is 389 g/mol. The van der Waals surface area contributed by atoms with Gasteiger partial charge in [-0.1, -0.05) is 12.1 Å². The Hall–Kier alpha value is -3.56. The first-order chi connectivity index (χ1) is 13.2. The van der Waals surface area contributed by atoms with Crippen molar-refractivity contribution in [3.8, 4) is 11.4 Å². The van der Waals surface area contributed by atoms with Crippen LogP contribution in [0.2, 0.25) is 0 Å². The lowest BCUT2D eigenvalue weighted by Crippen LogP contribution is -2.13. The van der Waals surface area contributed by atoms with Crippen molar-refractivity contribution in [1.29, 1.82) is 0 Å². The number of aromatic nitrogens is 4. The molecule has 0 radical (unpaired) electrons. The van der Waals surface area contributed by atoms with Gasteiger partial charge in [0.05, 0.1) is 5.56 Å². The molecule has 144 valence electrons. The first kappa shape index (κ1) is 19.2. The lowest BCUT2D eigenvalue weighted by Gasteiger charge is -2.06. The standard InChI is InChI=1S/C18H14F3N5O2/c1-11(27)22-15-7-5-12(6-8-15)16(28)10-26-24-17(23-25-26)13-3-2-4-14(9-13)18(19,20)21/h2-9H,10H2,1H3,(H,22,27). The molecule has 0 atom stereocenters. The summed E-state index contributed by atoms with van der Waals surface area (Å²) in [5, 5.41) is 14.0. The van der Waals surface area contributed by atoms with Gasteiger partial charge in [-0.25, -0.2) is 0 Å². The summed E-state index contributed by atoms with van der Waals surface area (Å²) >= 11 is 0. The highest BCUT2D eigenvalue weighted by Gasteiger charge is 2.30. The van der Waals surface area contributed by atoms with Crippen LogP contribution in [-0.2, 0) is 17.5 Å². The van der Waals surface area contributed by atoms with Crippen LogP contribution >= 0.6 is 0 Å². The average molecular weight is 389 g/mol. The minimum absolute atomic E-state index is 0.0140. The molecular formula is C18H14F3N5O2. The molecular weight excluding hydrogens is 375 g/mol. The largest absolute Gasteiger partial charge is 0.416 e. The van der Waals surface area contributed by atoms with Crippen molar-refractivity contribution in [2.75, 3.05) is 5.32 Å². The van der Waals surface area contributed by atoms with Crippen LogP contribution in [0.5, 0.6) is 0 Å². The third-order valence-electron chi connectivity index (χ3n) is 3.71. The van der Waals surface area contributed by atoms with E-state index in [2.05, 4.69) is 20.7 Å². The average Bonchev–Trinajstić information content (AvgIpc) is 3.10. The predicted molar refractivity (Wildman–Crippen MR) is 93.3 cm³/mol. The van der Waals surface area contributed by atoms with Crippen LogP contribution in [-0.4, -0.2) is 31.9 Å². The zero-order valence-corrected chi connectivity index (χ0v) is 14.6. The summed E-state index contributed by atoms with van der Waals surface area (Å²) in [6.07, 6.45) is -4.48. The number of ketones is 1. The Kier molecular flexibility index (Phi) is 5.21. The highest BCUT2D eigenvalue weighted by atomic mass is 19.4. The fourth-order valence-electron chi connectivity index (χ4n) is 2.42. The van der Waals surface area contributed by atoms with Gasteiger partial charge in [-0.2, -0.15) is 18.0 Å². The summed E-state index contributed by atoms with van der Waals surface area (Å²) in [6.45, 7) is 1.14. The normalized spacial score (nSPS) is 11.3. The molecule has 0 aliphatic rings. The SMILES string of the molecule is CC(=O)Nc1ccc(C(=O)Cn2nnc(-c3cccc(C(F)(F)F)c3)n2)cc1. The number of Topliss-reactive ketones (excluding diaryl/α,β-unsaturated/α-hetero) is 1. The van der Waals surface area contributed by atoms with Crippen molar-refractivity contribution < 1.29 is 22.8 Å². The van der Waals surface area contributed by atoms with Gasteiger partial charge in [0.1, 0.15) is 6.54 Å². The van der Waals surface area contributed by atoms with Gasteiger partial charge >= 0.3 is 6.18 Å². The Balaban J connectivity index is 1.72. The van der Waals surface area contributed by atoms with Gasteiger partial charge < -0.3 is 5.32 Å². The number of rotatable bonds is 5. The molecule has 0 unspecified atom stereocenters. The van der Waals surface area contributed by atoms with E-state index in [9.17, 15) is 22.8 Å². The molecule has 1 N–H and O–H groups in total. The van der Waals surface area contributed by atoms with Crippen LogP contribution in [0.1, 0.15) is 22.8 Å². The number of amides is 1. The molecule has 0 saturated heterocycles. The quantitative estimate of drug-likeness (QED) is 0.677. The molecule has 1 heterocycles. The third kappa shape index (κ3) is 4.58. The molecule has 7 nitrogen and oxygen atoms in total. The number of hydrogen-bond donors (Lipinski definition) is 1. The predicted octanol–water partition coefficient (Wildman–Crippen LogP) is 3.20. The molecule has 1 aromatic heterocycles. The molecule has 0 fully saturated rings. The summed E-state index contributed by atoms with van der Waals surface area (Å²) in [5.41, 5.74) is 0.242. The molecule has 0 bridgehead atoms. The number of alkyl halides is 3. The van der Waals surface area contributed by atoms with E-state index in [-0.39, 0.29) is 29.6 Å². The van der Waals surface area contributed by atoms with Gasteiger partial charge in [-0.15, -0.1) is 10.2 Å². The molecule has 0 aliphatic carbocycles. The maximum Gasteiger partial charge on any atom is 0.416 e. The van der Waals surface area contributed by atoms with Crippen LogP contribution in [0.25, 0.3) is 11.4 Å². The Labute approximate surface area is 157 Å². The van der Waals surface area contributed by atoms with E-state index in [1.807, 2.05) is 0 Å². The van der Waals surface area contributed by atoms with E-state index in [1.54, 1.807) is 12.1 Å². The summed E-state index contributed by atoms with van der Waals surface area (Å²) in [7, 11) is 0. The molecule has 0 saturated carbocycles. The highest BCUT2D eigenvalue weighted by Crippen LogP contribution is 2.31. The van der Waals surface area contributed by atoms with Gasteiger partial charge in [0.2, 0.25) is 11.7 Å². The van der Waals surface area contributed by atoms with Crippen molar-refractivity contribution in [1.82, 2.24) is 20.2 Å². The number of hydrogen-bond acceptors (Lipinski definition) is 5. The van der Waals surface area contributed by atoms with Gasteiger partial charge in [0.25, 0.3) is 0 Å². The molecule has 3 aromatic rings. The number of anilines is 1. The van der Waals surface area contributed by atoms with Crippen molar-refractivity contribution in [2.45, 2.75) is 19.6 Å². The summed E-state index contributed by atoms with van der Waals surface area (Å²) in [4.78, 5) is 24.3. The van der Waals surface area contributed by atoms with Crippen LogP contribution in [0.15, 0.2) is 48.5 Å². The van der Waals surface area contributed by atoms with Gasteiger partial charge in [0.15, 0.2) is 5.78 Å².